The molecule has 2 rings (SSSR count). The second kappa shape index (κ2) is 9.03. The zero-order chi connectivity index (χ0) is 19.1. The maximum atomic E-state index is 12.3. The van der Waals surface area contributed by atoms with Crippen molar-refractivity contribution in [2.24, 2.45) is 4.99 Å². The summed E-state index contributed by atoms with van der Waals surface area (Å²) in [6.45, 7) is 6.65. The van der Waals surface area contributed by atoms with Crippen LogP contribution in [-0.4, -0.2) is 27.0 Å². The average Bonchev–Trinajstić information content (AvgIpc) is 2.62. The Morgan fingerprint density at radius 3 is 2.46 bits per heavy atom. The minimum atomic E-state index is -0.633. The first-order valence-electron chi connectivity index (χ1n) is 8.88. The Bertz CT molecular complexity index is 879. The molecule has 7 heteroatoms. The highest BCUT2D eigenvalue weighted by molar-refractivity contribution is 6.03. The van der Waals surface area contributed by atoms with Crippen molar-refractivity contribution in [1.82, 2.24) is 9.55 Å². The summed E-state index contributed by atoms with van der Waals surface area (Å²) in [5.74, 6) is 0.400. The molecular weight excluding hydrogens is 334 g/mol. The van der Waals surface area contributed by atoms with Crippen LogP contribution in [-0.2, 0) is 6.54 Å². The SMILES string of the molecule is CCCCn1c(O)c(C(CC)=Nc2ccc(OCC)cc2)c(=O)[nH]c1=O. The first kappa shape index (κ1) is 19.5. The van der Waals surface area contributed by atoms with E-state index in [-0.39, 0.29) is 11.4 Å². The largest absolute Gasteiger partial charge is 0.494 e. The number of nitrogens with one attached hydrogen (secondary N) is 1. The number of H-pyrrole nitrogens is 1. The van der Waals surface area contributed by atoms with Crippen LogP contribution in [0.1, 0.15) is 45.6 Å². The fourth-order valence-corrected chi connectivity index (χ4v) is 2.59. The van der Waals surface area contributed by atoms with Gasteiger partial charge in [0.25, 0.3) is 5.56 Å². The van der Waals surface area contributed by atoms with Gasteiger partial charge in [0.1, 0.15) is 11.3 Å². The number of aromatic amines is 1. The van der Waals surface area contributed by atoms with Gasteiger partial charge in [-0.05, 0) is 44.0 Å². The minimum Gasteiger partial charge on any atom is -0.494 e. The maximum absolute atomic E-state index is 12.3. The first-order chi connectivity index (χ1) is 12.5. The molecule has 0 aliphatic rings. The number of unbranched alkanes of at least 4 members (excludes halogenated alkanes) is 1. The van der Waals surface area contributed by atoms with Gasteiger partial charge in [0, 0.05) is 6.54 Å². The van der Waals surface area contributed by atoms with Gasteiger partial charge in [-0.1, -0.05) is 20.3 Å². The van der Waals surface area contributed by atoms with E-state index in [1.807, 2.05) is 20.8 Å². The summed E-state index contributed by atoms with van der Waals surface area (Å²) in [6, 6.07) is 7.14. The maximum Gasteiger partial charge on any atom is 0.331 e. The monoisotopic (exact) mass is 359 g/mol. The molecule has 1 heterocycles. The Balaban J connectivity index is 2.49. The molecule has 0 bridgehead atoms. The molecule has 2 N–H and O–H groups in total. The fourth-order valence-electron chi connectivity index (χ4n) is 2.59. The van der Waals surface area contributed by atoms with Gasteiger partial charge in [0.15, 0.2) is 0 Å². The molecule has 26 heavy (non-hydrogen) atoms. The predicted molar refractivity (Wildman–Crippen MR) is 102 cm³/mol. The van der Waals surface area contributed by atoms with E-state index in [2.05, 4.69) is 9.98 Å². The van der Waals surface area contributed by atoms with Gasteiger partial charge >= 0.3 is 5.69 Å². The molecule has 1 aromatic carbocycles. The van der Waals surface area contributed by atoms with Crippen LogP contribution in [0.15, 0.2) is 38.8 Å². The lowest BCUT2D eigenvalue weighted by Crippen LogP contribution is -2.34. The van der Waals surface area contributed by atoms with Crippen molar-refractivity contribution in [2.75, 3.05) is 6.61 Å². The summed E-state index contributed by atoms with van der Waals surface area (Å²) < 4.78 is 6.58. The summed E-state index contributed by atoms with van der Waals surface area (Å²) in [6.07, 6.45) is 2.01. The van der Waals surface area contributed by atoms with Crippen molar-refractivity contribution in [3.63, 3.8) is 0 Å². The molecular formula is C19H25N3O4. The predicted octanol–water partition coefficient (Wildman–Crippen LogP) is 2.97. The quantitative estimate of drug-likeness (QED) is 0.708. The van der Waals surface area contributed by atoms with Gasteiger partial charge in [-0.2, -0.15) is 0 Å². The van der Waals surface area contributed by atoms with Gasteiger partial charge in [0.2, 0.25) is 5.88 Å². The summed E-state index contributed by atoms with van der Waals surface area (Å²) in [4.78, 5) is 31.0. The second-order valence-corrected chi connectivity index (χ2v) is 5.80. The van der Waals surface area contributed by atoms with Gasteiger partial charge in [-0.25, -0.2) is 4.79 Å². The molecule has 0 saturated carbocycles. The molecule has 0 amide bonds. The van der Waals surface area contributed by atoms with Crippen molar-refractivity contribution in [3.8, 4) is 11.6 Å². The number of aromatic hydroxyl groups is 1. The van der Waals surface area contributed by atoms with Crippen LogP contribution in [0.2, 0.25) is 0 Å². The molecule has 0 saturated heterocycles. The van der Waals surface area contributed by atoms with Gasteiger partial charge in [-0.15, -0.1) is 0 Å². The molecule has 0 fully saturated rings. The molecule has 0 aliphatic carbocycles. The van der Waals surface area contributed by atoms with Crippen molar-refractivity contribution >= 4 is 11.4 Å². The Morgan fingerprint density at radius 2 is 1.88 bits per heavy atom. The van der Waals surface area contributed by atoms with E-state index >= 15 is 0 Å². The Hall–Kier alpha value is -2.83. The third-order valence-corrected chi connectivity index (χ3v) is 3.94. The molecule has 140 valence electrons. The standard InChI is InChI=1S/C19H25N3O4/c1-4-7-12-22-18(24)16(17(23)21-19(22)25)15(5-2)20-13-8-10-14(11-9-13)26-6-3/h8-11,24H,4-7,12H2,1-3H3,(H,21,23,25). The van der Waals surface area contributed by atoms with Crippen molar-refractivity contribution in [1.29, 1.82) is 0 Å². The third-order valence-electron chi connectivity index (χ3n) is 3.94. The molecule has 0 spiro atoms. The Labute approximate surface area is 152 Å². The highest BCUT2D eigenvalue weighted by Crippen LogP contribution is 2.21. The lowest BCUT2D eigenvalue weighted by Gasteiger charge is -2.12. The molecule has 0 atom stereocenters. The van der Waals surface area contributed by atoms with Crippen molar-refractivity contribution in [3.05, 3.63) is 50.7 Å². The van der Waals surface area contributed by atoms with Gasteiger partial charge in [-0.3, -0.25) is 19.3 Å². The molecule has 7 nitrogen and oxygen atoms in total. The summed E-state index contributed by atoms with van der Waals surface area (Å²) >= 11 is 0. The van der Waals surface area contributed by atoms with Crippen LogP contribution >= 0.6 is 0 Å². The van der Waals surface area contributed by atoms with E-state index < -0.39 is 11.2 Å². The van der Waals surface area contributed by atoms with Crippen molar-refractivity contribution in [2.45, 2.75) is 46.6 Å². The zero-order valence-corrected chi connectivity index (χ0v) is 15.4. The van der Waals surface area contributed by atoms with Crippen LogP contribution in [0, 0.1) is 0 Å². The molecule has 1 aromatic heterocycles. The Kier molecular flexibility index (Phi) is 6.77. The van der Waals surface area contributed by atoms with Crippen LogP contribution in [0.25, 0.3) is 0 Å². The number of benzene rings is 1. The summed E-state index contributed by atoms with van der Waals surface area (Å²) in [5.41, 5.74) is -0.154. The number of aliphatic imine (C=N–C) groups is 1. The lowest BCUT2D eigenvalue weighted by molar-refractivity contribution is 0.340. The van der Waals surface area contributed by atoms with E-state index in [0.717, 1.165) is 18.6 Å². The first-order valence-corrected chi connectivity index (χ1v) is 8.88. The molecule has 0 aliphatic heterocycles. The molecule has 0 unspecified atom stereocenters. The summed E-state index contributed by atoms with van der Waals surface area (Å²) in [5, 5.41) is 10.5. The van der Waals surface area contributed by atoms with E-state index in [9.17, 15) is 14.7 Å². The third kappa shape index (κ3) is 4.41. The van der Waals surface area contributed by atoms with Crippen LogP contribution < -0.4 is 16.0 Å². The Morgan fingerprint density at radius 1 is 1.19 bits per heavy atom. The molecule has 2 aromatic rings. The number of hydrogen-bond acceptors (Lipinski definition) is 5. The normalized spacial score (nSPS) is 11.6. The highest BCUT2D eigenvalue weighted by Gasteiger charge is 2.18. The average molecular weight is 359 g/mol. The number of ether oxygens (including phenoxy) is 1. The van der Waals surface area contributed by atoms with Crippen LogP contribution in [0.4, 0.5) is 5.69 Å². The number of aromatic nitrogens is 2. The minimum absolute atomic E-state index is 0.0390. The number of rotatable bonds is 8. The van der Waals surface area contributed by atoms with Crippen LogP contribution in [0.3, 0.4) is 0 Å². The van der Waals surface area contributed by atoms with Crippen molar-refractivity contribution < 1.29 is 9.84 Å². The molecule has 0 radical (unpaired) electrons. The zero-order valence-electron chi connectivity index (χ0n) is 15.4. The van der Waals surface area contributed by atoms with E-state index in [4.69, 9.17) is 4.74 Å². The van der Waals surface area contributed by atoms with Gasteiger partial charge < -0.3 is 9.84 Å². The van der Waals surface area contributed by atoms with E-state index in [1.54, 1.807) is 24.3 Å². The lowest BCUT2D eigenvalue weighted by atomic mass is 10.1. The van der Waals surface area contributed by atoms with Gasteiger partial charge in [0.05, 0.1) is 18.0 Å². The highest BCUT2D eigenvalue weighted by atomic mass is 16.5. The van der Waals surface area contributed by atoms with E-state index in [0.29, 0.717) is 31.0 Å². The smallest absolute Gasteiger partial charge is 0.331 e. The summed E-state index contributed by atoms with van der Waals surface area (Å²) in [7, 11) is 0. The van der Waals surface area contributed by atoms with Crippen LogP contribution in [0.5, 0.6) is 11.6 Å². The number of hydrogen-bond donors (Lipinski definition) is 2. The fraction of sp³-hybridized carbons (Fsp3) is 0.421. The van der Waals surface area contributed by atoms with E-state index in [1.165, 1.54) is 4.57 Å². The second-order valence-electron chi connectivity index (χ2n) is 5.80. The number of nitrogens with zero attached hydrogens (tertiary/aromatic N) is 2. The topological polar surface area (TPSA) is 96.7 Å².